The fourth-order valence-corrected chi connectivity index (χ4v) is 3.89. The first-order valence-electron chi connectivity index (χ1n) is 10.1. The van der Waals surface area contributed by atoms with E-state index in [0.717, 1.165) is 50.0 Å². The molecule has 4 heteroatoms. The molecule has 5 aromatic rings. The van der Waals surface area contributed by atoms with Gasteiger partial charge in [-0.1, -0.05) is 38.1 Å². The van der Waals surface area contributed by atoms with Crippen LogP contribution in [-0.4, -0.2) is 9.97 Å². The minimum Gasteiger partial charge on any atom is -0.437 e. The van der Waals surface area contributed by atoms with Crippen molar-refractivity contribution in [3.8, 4) is 22.4 Å². The normalized spacial score (nSPS) is 11.6. The summed E-state index contributed by atoms with van der Waals surface area (Å²) in [5.74, 6) is 0.0712. The van der Waals surface area contributed by atoms with Crippen LogP contribution in [0.4, 0.5) is 4.39 Å². The third-order valence-electron chi connectivity index (χ3n) is 5.50. The highest BCUT2D eigenvalue weighted by molar-refractivity contribution is 6.09. The van der Waals surface area contributed by atoms with Crippen LogP contribution in [0.25, 0.3) is 44.5 Å². The minimum absolute atomic E-state index is 0.256. The average molecular weight is 396 g/mol. The summed E-state index contributed by atoms with van der Waals surface area (Å²) < 4.78 is 20.0. The first-order valence-corrected chi connectivity index (χ1v) is 10.1. The number of pyridine rings is 2. The minimum atomic E-state index is -0.256. The number of rotatable bonds is 3. The third kappa shape index (κ3) is 3.05. The first-order chi connectivity index (χ1) is 14.5. The predicted octanol–water partition coefficient (Wildman–Crippen LogP) is 7.28. The van der Waals surface area contributed by atoms with Crippen molar-refractivity contribution in [2.75, 3.05) is 0 Å². The summed E-state index contributed by atoms with van der Waals surface area (Å²) >= 11 is 0. The fraction of sp³-hybridized carbons (Fsp3) is 0.154. The van der Waals surface area contributed by atoms with Gasteiger partial charge in [-0.15, -0.1) is 0 Å². The monoisotopic (exact) mass is 396 g/mol. The molecule has 0 saturated heterocycles. The molecular weight excluding hydrogens is 375 g/mol. The Balaban J connectivity index is 1.73. The van der Waals surface area contributed by atoms with Crippen LogP contribution < -0.4 is 0 Å². The van der Waals surface area contributed by atoms with Crippen LogP contribution in [0.2, 0.25) is 0 Å². The molecule has 0 N–H and O–H groups in total. The number of hydrogen-bond acceptors (Lipinski definition) is 3. The summed E-state index contributed by atoms with van der Waals surface area (Å²) in [5, 5.41) is 2.02. The van der Waals surface area contributed by atoms with Crippen molar-refractivity contribution in [3.05, 3.63) is 83.9 Å². The molecular formula is C26H21FN2O. The molecule has 3 heterocycles. The maximum Gasteiger partial charge on any atom is 0.227 e. The van der Waals surface area contributed by atoms with Gasteiger partial charge in [-0.2, -0.15) is 0 Å². The van der Waals surface area contributed by atoms with E-state index >= 15 is 0 Å². The van der Waals surface area contributed by atoms with Crippen molar-refractivity contribution in [3.63, 3.8) is 0 Å². The Morgan fingerprint density at radius 3 is 2.50 bits per heavy atom. The summed E-state index contributed by atoms with van der Waals surface area (Å²) in [6.07, 6.45) is 1.76. The van der Waals surface area contributed by atoms with Crippen molar-refractivity contribution in [1.29, 1.82) is 0 Å². The van der Waals surface area contributed by atoms with Gasteiger partial charge in [0.2, 0.25) is 5.71 Å². The standard InChI is InChI=1S/C26H21FN2O/c1-15(2)22-10-9-21-20-8-7-16(3)24(25(20)30-26(21)29-22)23-14-18(11-12-28-23)17-5-4-6-19(27)13-17/h4-15H,1-3H3. The van der Waals surface area contributed by atoms with Gasteiger partial charge in [0.1, 0.15) is 11.4 Å². The van der Waals surface area contributed by atoms with Gasteiger partial charge in [-0.25, -0.2) is 9.37 Å². The van der Waals surface area contributed by atoms with Gasteiger partial charge >= 0.3 is 0 Å². The maximum atomic E-state index is 13.7. The summed E-state index contributed by atoms with van der Waals surface area (Å²) in [4.78, 5) is 9.33. The first kappa shape index (κ1) is 18.5. The Morgan fingerprint density at radius 2 is 1.70 bits per heavy atom. The molecule has 0 aliphatic rings. The van der Waals surface area contributed by atoms with Crippen molar-refractivity contribution < 1.29 is 8.81 Å². The molecule has 5 rings (SSSR count). The summed E-state index contributed by atoms with van der Waals surface area (Å²) in [5.41, 5.74) is 6.95. The Hall–Kier alpha value is -3.53. The van der Waals surface area contributed by atoms with E-state index < -0.39 is 0 Å². The summed E-state index contributed by atoms with van der Waals surface area (Å²) in [7, 11) is 0. The Kier molecular flexibility index (Phi) is 4.35. The second-order valence-corrected chi connectivity index (χ2v) is 7.92. The summed E-state index contributed by atoms with van der Waals surface area (Å²) in [6, 6.07) is 18.8. The molecule has 0 amide bonds. The number of fused-ring (bicyclic) bond motifs is 3. The molecule has 148 valence electrons. The number of aromatic nitrogens is 2. The molecule has 0 fully saturated rings. The van der Waals surface area contributed by atoms with Crippen molar-refractivity contribution >= 4 is 22.1 Å². The van der Waals surface area contributed by atoms with E-state index in [4.69, 9.17) is 9.40 Å². The van der Waals surface area contributed by atoms with Crippen LogP contribution in [0, 0.1) is 12.7 Å². The van der Waals surface area contributed by atoms with E-state index in [1.807, 2.05) is 25.1 Å². The van der Waals surface area contributed by atoms with E-state index in [1.54, 1.807) is 12.3 Å². The van der Waals surface area contributed by atoms with E-state index in [9.17, 15) is 4.39 Å². The lowest BCUT2D eigenvalue weighted by Gasteiger charge is -2.08. The number of benzene rings is 2. The number of halogens is 1. The lowest BCUT2D eigenvalue weighted by atomic mass is 9.98. The second kappa shape index (κ2) is 7.06. The molecule has 0 unspecified atom stereocenters. The van der Waals surface area contributed by atoms with Crippen molar-refractivity contribution in [2.24, 2.45) is 0 Å². The number of hydrogen-bond donors (Lipinski definition) is 0. The number of nitrogens with zero attached hydrogens (tertiary/aromatic N) is 2. The van der Waals surface area contributed by atoms with Gasteiger partial charge in [-0.05, 0) is 65.9 Å². The largest absolute Gasteiger partial charge is 0.437 e. The van der Waals surface area contributed by atoms with Crippen molar-refractivity contribution in [1.82, 2.24) is 9.97 Å². The molecule has 0 atom stereocenters. The van der Waals surface area contributed by atoms with Gasteiger partial charge in [0.25, 0.3) is 0 Å². The molecule has 0 saturated carbocycles. The van der Waals surface area contributed by atoms with Crippen LogP contribution >= 0.6 is 0 Å². The lowest BCUT2D eigenvalue weighted by molar-refractivity contribution is 0.628. The zero-order valence-electron chi connectivity index (χ0n) is 17.1. The highest BCUT2D eigenvalue weighted by atomic mass is 19.1. The maximum absolute atomic E-state index is 13.7. The van der Waals surface area contributed by atoms with E-state index in [0.29, 0.717) is 11.6 Å². The van der Waals surface area contributed by atoms with E-state index in [2.05, 4.69) is 43.1 Å². The average Bonchev–Trinajstić information content (AvgIpc) is 3.11. The van der Waals surface area contributed by atoms with Gasteiger partial charge in [0, 0.05) is 28.2 Å². The highest BCUT2D eigenvalue weighted by Gasteiger charge is 2.17. The molecule has 3 nitrogen and oxygen atoms in total. The molecule has 3 aromatic heterocycles. The van der Waals surface area contributed by atoms with Gasteiger partial charge in [0.05, 0.1) is 5.69 Å². The van der Waals surface area contributed by atoms with Crippen LogP contribution in [0.15, 0.2) is 71.3 Å². The SMILES string of the molecule is Cc1ccc2c(oc3nc(C(C)C)ccc32)c1-c1cc(-c2cccc(F)c2)ccn1. The zero-order chi connectivity index (χ0) is 20.8. The third-order valence-corrected chi connectivity index (χ3v) is 5.50. The quantitative estimate of drug-likeness (QED) is 0.322. The number of aryl methyl sites for hydroxylation is 1. The van der Waals surface area contributed by atoms with Gasteiger partial charge in [0.15, 0.2) is 0 Å². The van der Waals surface area contributed by atoms with Crippen LogP contribution in [0.5, 0.6) is 0 Å². The topological polar surface area (TPSA) is 38.9 Å². The Bertz CT molecular complexity index is 1400. The Labute approximate surface area is 174 Å². The van der Waals surface area contributed by atoms with Crippen LogP contribution in [0.3, 0.4) is 0 Å². The highest BCUT2D eigenvalue weighted by Crippen LogP contribution is 2.38. The van der Waals surface area contributed by atoms with E-state index in [1.165, 1.54) is 12.1 Å². The lowest BCUT2D eigenvalue weighted by Crippen LogP contribution is -1.90. The molecule has 0 bridgehead atoms. The predicted molar refractivity (Wildman–Crippen MR) is 119 cm³/mol. The molecule has 2 aromatic carbocycles. The summed E-state index contributed by atoms with van der Waals surface area (Å²) in [6.45, 7) is 6.29. The molecule has 0 aliphatic carbocycles. The van der Waals surface area contributed by atoms with Gasteiger partial charge in [-0.3, -0.25) is 4.98 Å². The van der Waals surface area contributed by atoms with Crippen LogP contribution in [0.1, 0.15) is 31.0 Å². The number of furan rings is 1. The molecule has 0 aliphatic heterocycles. The molecule has 0 radical (unpaired) electrons. The Morgan fingerprint density at radius 1 is 0.900 bits per heavy atom. The van der Waals surface area contributed by atoms with Crippen molar-refractivity contribution in [2.45, 2.75) is 26.7 Å². The second-order valence-electron chi connectivity index (χ2n) is 7.92. The fourth-order valence-electron chi connectivity index (χ4n) is 3.89. The zero-order valence-corrected chi connectivity index (χ0v) is 17.1. The molecule has 0 spiro atoms. The smallest absolute Gasteiger partial charge is 0.227 e. The molecule has 30 heavy (non-hydrogen) atoms. The van der Waals surface area contributed by atoms with E-state index in [-0.39, 0.29) is 5.82 Å². The van der Waals surface area contributed by atoms with Crippen LogP contribution in [-0.2, 0) is 0 Å². The van der Waals surface area contributed by atoms with Gasteiger partial charge < -0.3 is 4.42 Å².